The first-order chi connectivity index (χ1) is 16.3. The van der Waals surface area contributed by atoms with E-state index in [9.17, 15) is 4.79 Å². The van der Waals surface area contributed by atoms with Gasteiger partial charge in [0, 0.05) is 0 Å². The van der Waals surface area contributed by atoms with E-state index >= 15 is 0 Å². The molecule has 2 bridgehead atoms. The molecule has 0 heterocycles. The van der Waals surface area contributed by atoms with Gasteiger partial charge in [-0.2, -0.15) is 0 Å². The number of rotatable bonds is 4. The Hall–Kier alpha value is -3.71. The zero-order chi connectivity index (χ0) is 22.0. The van der Waals surface area contributed by atoms with Gasteiger partial charge in [-0.3, -0.25) is 4.79 Å². The quantitative estimate of drug-likeness (QED) is 0.356. The van der Waals surface area contributed by atoms with Crippen LogP contribution >= 0.6 is 0 Å². The Morgan fingerprint density at radius 2 is 0.818 bits per heavy atom. The molecule has 7 rings (SSSR count). The Morgan fingerprint density at radius 3 is 1.18 bits per heavy atom. The van der Waals surface area contributed by atoms with E-state index in [0.29, 0.717) is 17.6 Å². The third-order valence-corrected chi connectivity index (χ3v) is 8.24. The highest BCUT2D eigenvalue weighted by Crippen LogP contribution is 2.80. The zero-order valence-electron chi connectivity index (χ0n) is 18.3. The maximum absolute atomic E-state index is 15.0. The van der Waals surface area contributed by atoms with Crippen LogP contribution in [-0.4, -0.2) is 5.78 Å². The van der Waals surface area contributed by atoms with Crippen LogP contribution in [0, 0.1) is 11.8 Å². The summed E-state index contributed by atoms with van der Waals surface area (Å²) in [6.45, 7) is 0. The molecule has 158 valence electrons. The Balaban J connectivity index is 1.67. The van der Waals surface area contributed by atoms with Crippen LogP contribution in [0.3, 0.4) is 0 Å². The van der Waals surface area contributed by atoms with Crippen LogP contribution in [0.25, 0.3) is 11.1 Å². The van der Waals surface area contributed by atoms with E-state index in [1.165, 1.54) is 11.1 Å². The Labute approximate surface area is 194 Å². The lowest BCUT2D eigenvalue weighted by atomic mass is 9.68. The monoisotopic (exact) mass is 424 g/mol. The van der Waals surface area contributed by atoms with Crippen LogP contribution < -0.4 is 0 Å². The molecule has 1 heteroatoms. The van der Waals surface area contributed by atoms with Gasteiger partial charge in [0.25, 0.3) is 0 Å². The highest BCUT2D eigenvalue weighted by molar-refractivity contribution is 6.30. The van der Waals surface area contributed by atoms with E-state index in [4.69, 9.17) is 0 Å². The van der Waals surface area contributed by atoms with E-state index in [0.717, 1.165) is 28.7 Å². The molecule has 1 nitrogen and oxygen atoms in total. The highest BCUT2D eigenvalue weighted by Gasteiger charge is 2.82. The second kappa shape index (κ2) is 6.65. The average Bonchev–Trinajstić information content (AvgIpc) is 3.63. The Morgan fingerprint density at radius 1 is 0.485 bits per heavy atom. The van der Waals surface area contributed by atoms with Crippen LogP contribution in [0.4, 0.5) is 0 Å². The Kier molecular flexibility index (Phi) is 3.79. The maximum atomic E-state index is 15.0. The van der Waals surface area contributed by atoms with Crippen molar-refractivity contribution in [3.8, 4) is 0 Å². The number of carbonyl (C=O) groups excluding carboxylic acids is 1. The molecular formula is C32H24O. The van der Waals surface area contributed by atoms with Gasteiger partial charge in [-0.15, -0.1) is 0 Å². The van der Waals surface area contributed by atoms with Crippen molar-refractivity contribution in [2.75, 3.05) is 0 Å². The fraction of sp³-hybridized carbons (Fsp3) is 0.156. The normalized spacial score (nSPS) is 29.3. The molecule has 0 amide bonds. The number of carbonyl (C=O) groups is 1. The topological polar surface area (TPSA) is 17.1 Å². The standard InChI is InChI=1S/C32H24O/c33-30-31(24-17-9-3-10-18-24)26-21-27(26)32(30,25-19-11-4-12-20-25)29(23-15-7-2-8-16-23)28(31)22-13-5-1-6-14-22/h1-20,26-27H,21H2/t26-,27+,31-,32-/m1/s1. The molecule has 3 aliphatic carbocycles. The number of fused-ring (bicyclic) bond motifs is 5. The minimum Gasteiger partial charge on any atom is -0.297 e. The van der Waals surface area contributed by atoms with Gasteiger partial charge in [0.05, 0.1) is 10.8 Å². The second-order valence-electron chi connectivity index (χ2n) is 9.61. The second-order valence-corrected chi connectivity index (χ2v) is 9.61. The molecule has 0 radical (unpaired) electrons. The van der Waals surface area contributed by atoms with E-state index < -0.39 is 10.8 Å². The summed E-state index contributed by atoms with van der Waals surface area (Å²) in [6, 6.07) is 42.4. The lowest BCUT2D eigenvalue weighted by Crippen LogP contribution is -2.40. The van der Waals surface area contributed by atoms with Crippen molar-refractivity contribution in [2.24, 2.45) is 11.8 Å². The molecule has 2 saturated carbocycles. The molecule has 33 heavy (non-hydrogen) atoms. The molecule has 0 aromatic heterocycles. The first kappa shape index (κ1) is 18.8. The third-order valence-electron chi connectivity index (χ3n) is 8.24. The maximum Gasteiger partial charge on any atom is 0.163 e. The number of hydrogen-bond donors (Lipinski definition) is 0. The van der Waals surface area contributed by atoms with Crippen LogP contribution in [0.5, 0.6) is 0 Å². The molecule has 0 saturated heterocycles. The summed E-state index contributed by atoms with van der Waals surface area (Å²) in [6.07, 6.45) is 1.09. The van der Waals surface area contributed by atoms with Crippen molar-refractivity contribution in [1.29, 1.82) is 0 Å². The van der Waals surface area contributed by atoms with Crippen LogP contribution in [0.15, 0.2) is 121 Å². The van der Waals surface area contributed by atoms with Crippen LogP contribution in [-0.2, 0) is 15.6 Å². The van der Waals surface area contributed by atoms with E-state index in [1.807, 2.05) is 12.1 Å². The smallest absolute Gasteiger partial charge is 0.163 e. The molecule has 2 fully saturated rings. The lowest BCUT2D eigenvalue weighted by Gasteiger charge is -2.33. The summed E-state index contributed by atoms with van der Waals surface area (Å²) >= 11 is 0. The van der Waals surface area contributed by atoms with Gasteiger partial charge in [-0.1, -0.05) is 121 Å². The molecule has 0 unspecified atom stereocenters. The zero-order valence-corrected chi connectivity index (χ0v) is 18.3. The van der Waals surface area contributed by atoms with Crippen molar-refractivity contribution >= 4 is 16.9 Å². The predicted octanol–water partition coefficient (Wildman–Crippen LogP) is 6.71. The number of allylic oxidation sites excluding steroid dienone is 2. The first-order valence-electron chi connectivity index (χ1n) is 11.8. The van der Waals surface area contributed by atoms with Gasteiger partial charge in [0.15, 0.2) is 5.78 Å². The van der Waals surface area contributed by atoms with Gasteiger partial charge < -0.3 is 0 Å². The first-order valence-corrected chi connectivity index (χ1v) is 11.8. The minimum absolute atomic E-state index is 0.343. The van der Waals surface area contributed by atoms with Gasteiger partial charge >= 0.3 is 0 Å². The summed E-state index contributed by atoms with van der Waals surface area (Å²) < 4.78 is 0. The predicted molar refractivity (Wildman–Crippen MR) is 133 cm³/mol. The molecule has 0 N–H and O–H groups in total. The van der Waals surface area contributed by atoms with Gasteiger partial charge in [-0.05, 0) is 51.7 Å². The van der Waals surface area contributed by atoms with Crippen LogP contribution in [0.2, 0.25) is 0 Å². The minimum atomic E-state index is -0.603. The van der Waals surface area contributed by atoms with Crippen molar-refractivity contribution < 1.29 is 4.79 Å². The van der Waals surface area contributed by atoms with Crippen molar-refractivity contribution in [3.63, 3.8) is 0 Å². The van der Waals surface area contributed by atoms with E-state index in [2.05, 4.69) is 109 Å². The fourth-order valence-electron chi connectivity index (χ4n) is 7.13. The highest BCUT2D eigenvalue weighted by atomic mass is 16.1. The Bertz CT molecular complexity index is 1280. The molecule has 0 aliphatic heterocycles. The van der Waals surface area contributed by atoms with Crippen molar-refractivity contribution in [2.45, 2.75) is 17.3 Å². The van der Waals surface area contributed by atoms with E-state index in [1.54, 1.807) is 0 Å². The van der Waals surface area contributed by atoms with Gasteiger partial charge in [0.1, 0.15) is 0 Å². The summed E-state index contributed by atoms with van der Waals surface area (Å²) in [4.78, 5) is 15.0. The summed E-state index contributed by atoms with van der Waals surface area (Å²) in [7, 11) is 0. The summed E-state index contributed by atoms with van der Waals surface area (Å²) in [5.41, 5.74) is 5.84. The summed E-state index contributed by atoms with van der Waals surface area (Å²) in [5, 5.41) is 0. The average molecular weight is 425 g/mol. The van der Waals surface area contributed by atoms with Gasteiger partial charge in [-0.25, -0.2) is 0 Å². The SMILES string of the molecule is O=C1[C@@]2(c3ccccc3)C(c3ccccc3)=C(c3ccccc3)[C@@]1(c1ccccc1)[C@H]1C[C@H]12. The molecular weight excluding hydrogens is 400 g/mol. The number of Topliss-reactive ketones (excluding diaryl/α,β-unsaturated/α-hetero) is 1. The molecule has 3 aliphatic rings. The van der Waals surface area contributed by atoms with Crippen LogP contribution in [0.1, 0.15) is 28.7 Å². The number of benzene rings is 4. The largest absolute Gasteiger partial charge is 0.297 e. The van der Waals surface area contributed by atoms with E-state index in [-0.39, 0.29) is 0 Å². The van der Waals surface area contributed by atoms with Crippen molar-refractivity contribution in [1.82, 2.24) is 0 Å². The van der Waals surface area contributed by atoms with Crippen molar-refractivity contribution in [3.05, 3.63) is 144 Å². The summed E-state index contributed by atoms with van der Waals surface area (Å²) in [5.74, 6) is 1.05. The number of ketones is 1. The molecule has 4 aromatic carbocycles. The molecule has 0 spiro atoms. The molecule has 4 atom stereocenters. The third kappa shape index (κ3) is 2.20. The van der Waals surface area contributed by atoms with Gasteiger partial charge in [0.2, 0.25) is 0 Å². The molecule has 4 aromatic rings. The fourth-order valence-corrected chi connectivity index (χ4v) is 7.13. The number of hydrogen-bond acceptors (Lipinski definition) is 1. The lowest BCUT2D eigenvalue weighted by molar-refractivity contribution is -0.124.